The minimum atomic E-state index is -0.439. The maximum atomic E-state index is 12.1. The SMILES string of the molecule is O=C(NCCCNC1CCCCC1)C1=NC(=O)C2C=CC=CC2=N1. The maximum Gasteiger partial charge on any atom is 0.289 e. The van der Waals surface area contributed by atoms with Crippen LogP contribution in [0.4, 0.5) is 0 Å². The van der Waals surface area contributed by atoms with E-state index in [2.05, 4.69) is 20.6 Å². The first-order valence-electron chi connectivity index (χ1n) is 8.81. The van der Waals surface area contributed by atoms with Crippen LogP contribution < -0.4 is 10.6 Å². The normalized spacial score (nSPS) is 23.5. The zero-order chi connectivity index (χ0) is 16.8. The van der Waals surface area contributed by atoms with Gasteiger partial charge in [-0.1, -0.05) is 37.5 Å². The van der Waals surface area contributed by atoms with E-state index in [-0.39, 0.29) is 17.6 Å². The molecule has 0 spiro atoms. The molecule has 2 N–H and O–H groups in total. The number of carbonyl (C=O) groups is 2. The number of allylic oxidation sites excluding steroid dienone is 3. The fraction of sp³-hybridized carbons (Fsp3) is 0.556. The molecule has 1 atom stereocenters. The Bertz CT molecular complexity index is 613. The second-order valence-corrected chi connectivity index (χ2v) is 6.43. The lowest BCUT2D eigenvalue weighted by molar-refractivity contribution is -0.119. The molecule has 2 amide bonds. The van der Waals surface area contributed by atoms with E-state index in [0.717, 1.165) is 13.0 Å². The summed E-state index contributed by atoms with van der Waals surface area (Å²) in [7, 11) is 0. The van der Waals surface area contributed by atoms with Crippen LogP contribution in [-0.4, -0.2) is 42.5 Å². The van der Waals surface area contributed by atoms with Crippen LogP contribution in [0.2, 0.25) is 0 Å². The summed E-state index contributed by atoms with van der Waals surface area (Å²) in [6.07, 6.45) is 14.4. The van der Waals surface area contributed by atoms with E-state index >= 15 is 0 Å². The highest BCUT2D eigenvalue weighted by Crippen LogP contribution is 2.17. The summed E-state index contributed by atoms with van der Waals surface area (Å²) in [6, 6.07) is 0.629. The Hall–Kier alpha value is -2.08. The van der Waals surface area contributed by atoms with Crippen LogP contribution >= 0.6 is 0 Å². The van der Waals surface area contributed by atoms with Crippen LogP contribution in [0, 0.1) is 5.92 Å². The average molecular weight is 328 g/mol. The molecule has 3 aliphatic rings. The fourth-order valence-electron chi connectivity index (χ4n) is 3.25. The first-order valence-corrected chi connectivity index (χ1v) is 8.81. The third kappa shape index (κ3) is 4.26. The van der Waals surface area contributed by atoms with Crippen molar-refractivity contribution >= 4 is 23.4 Å². The third-order valence-corrected chi connectivity index (χ3v) is 4.60. The molecule has 1 heterocycles. The van der Waals surface area contributed by atoms with Gasteiger partial charge in [0.2, 0.25) is 5.84 Å². The van der Waals surface area contributed by atoms with E-state index < -0.39 is 5.92 Å². The molecule has 1 fully saturated rings. The van der Waals surface area contributed by atoms with Gasteiger partial charge in [0.1, 0.15) is 5.92 Å². The van der Waals surface area contributed by atoms with Gasteiger partial charge in [-0.2, -0.15) is 4.99 Å². The molecule has 1 saturated carbocycles. The number of amidine groups is 1. The second-order valence-electron chi connectivity index (χ2n) is 6.43. The molecule has 2 aliphatic carbocycles. The van der Waals surface area contributed by atoms with Crippen LogP contribution in [0.25, 0.3) is 0 Å². The van der Waals surface area contributed by atoms with Crippen LogP contribution in [-0.2, 0) is 9.59 Å². The van der Waals surface area contributed by atoms with Crippen molar-refractivity contribution < 1.29 is 9.59 Å². The molecular weight excluding hydrogens is 304 g/mol. The number of nitrogens with zero attached hydrogens (tertiary/aromatic N) is 2. The highest BCUT2D eigenvalue weighted by molar-refractivity contribution is 6.44. The number of hydrogen-bond acceptors (Lipinski definition) is 4. The van der Waals surface area contributed by atoms with E-state index in [4.69, 9.17) is 0 Å². The predicted molar refractivity (Wildman–Crippen MR) is 94.1 cm³/mol. The lowest BCUT2D eigenvalue weighted by atomic mass is 9.95. The molecule has 0 aromatic carbocycles. The van der Waals surface area contributed by atoms with Crippen LogP contribution in [0.15, 0.2) is 34.3 Å². The third-order valence-electron chi connectivity index (χ3n) is 4.60. The van der Waals surface area contributed by atoms with Crippen molar-refractivity contribution in [2.75, 3.05) is 13.1 Å². The van der Waals surface area contributed by atoms with Crippen molar-refractivity contribution in [1.29, 1.82) is 0 Å². The van der Waals surface area contributed by atoms with Crippen LogP contribution in [0.5, 0.6) is 0 Å². The van der Waals surface area contributed by atoms with E-state index in [9.17, 15) is 9.59 Å². The van der Waals surface area contributed by atoms with E-state index in [1.54, 1.807) is 24.3 Å². The number of fused-ring (bicyclic) bond motifs is 1. The van der Waals surface area contributed by atoms with Gasteiger partial charge in [0.15, 0.2) is 0 Å². The Morgan fingerprint density at radius 1 is 1.12 bits per heavy atom. The summed E-state index contributed by atoms with van der Waals surface area (Å²) in [5, 5.41) is 6.33. The largest absolute Gasteiger partial charge is 0.349 e. The van der Waals surface area contributed by atoms with Crippen molar-refractivity contribution in [1.82, 2.24) is 10.6 Å². The van der Waals surface area contributed by atoms with Gasteiger partial charge in [0.05, 0.1) is 5.71 Å². The molecule has 3 rings (SSSR count). The summed E-state index contributed by atoms with van der Waals surface area (Å²) < 4.78 is 0. The molecule has 0 aromatic rings. The summed E-state index contributed by atoms with van der Waals surface area (Å²) >= 11 is 0. The second kappa shape index (κ2) is 8.15. The fourth-order valence-corrected chi connectivity index (χ4v) is 3.25. The number of hydrogen-bond donors (Lipinski definition) is 2. The van der Waals surface area contributed by atoms with Crippen LogP contribution in [0.3, 0.4) is 0 Å². The summed E-state index contributed by atoms with van der Waals surface area (Å²) in [5.74, 6) is -1.18. The zero-order valence-corrected chi connectivity index (χ0v) is 13.8. The summed E-state index contributed by atoms with van der Waals surface area (Å²) in [5.41, 5.74) is 0.585. The Morgan fingerprint density at radius 3 is 2.79 bits per heavy atom. The first-order chi connectivity index (χ1) is 11.7. The Balaban J connectivity index is 1.40. The summed E-state index contributed by atoms with van der Waals surface area (Å²) in [4.78, 5) is 32.1. The molecule has 6 nitrogen and oxygen atoms in total. The van der Waals surface area contributed by atoms with E-state index in [0.29, 0.717) is 18.3 Å². The van der Waals surface area contributed by atoms with Gasteiger partial charge in [-0.25, -0.2) is 4.99 Å². The summed E-state index contributed by atoms with van der Waals surface area (Å²) in [6.45, 7) is 1.44. The van der Waals surface area contributed by atoms with Crippen molar-refractivity contribution in [3.63, 3.8) is 0 Å². The van der Waals surface area contributed by atoms with E-state index in [1.165, 1.54) is 32.1 Å². The molecule has 1 aliphatic heterocycles. The highest BCUT2D eigenvalue weighted by Gasteiger charge is 2.28. The van der Waals surface area contributed by atoms with Crippen molar-refractivity contribution in [3.05, 3.63) is 24.3 Å². The molecule has 0 saturated heterocycles. The Morgan fingerprint density at radius 2 is 1.96 bits per heavy atom. The number of amides is 2. The van der Waals surface area contributed by atoms with Crippen LogP contribution in [0.1, 0.15) is 38.5 Å². The standard InChI is InChI=1S/C18H24N4O2/c23-17-14-9-4-5-10-15(14)21-16(22-17)18(24)20-12-6-11-19-13-7-2-1-3-8-13/h4-5,9-10,13-14,19H,1-3,6-8,11-12H2,(H,20,24). The lowest BCUT2D eigenvalue weighted by Crippen LogP contribution is -2.38. The topological polar surface area (TPSA) is 82.9 Å². The number of carbonyl (C=O) groups excluding carboxylic acids is 2. The smallest absolute Gasteiger partial charge is 0.289 e. The van der Waals surface area contributed by atoms with Gasteiger partial charge in [0, 0.05) is 12.6 Å². The molecule has 0 bridgehead atoms. The molecule has 0 aromatic heterocycles. The monoisotopic (exact) mass is 328 g/mol. The quantitative estimate of drug-likeness (QED) is 0.726. The van der Waals surface area contributed by atoms with Gasteiger partial charge in [-0.15, -0.1) is 0 Å². The molecule has 1 unspecified atom stereocenters. The first kappa shape index (κ1) is 16.8. The highest BCUT2D eigenvalue weighted by atomic mass is 16.2. The van der Waals surface area contributed by atoms with Crippen molar-refractivity contribution in [2.24, 2.45) is 15.9 Å². The van der Waals surface area contributed by atoms with E-state index in [1.807, 2.05) is 0 Å². The number of rotatable bonds is 6. The van der Waals surface area contributed by atoms with Gasteiger partial charge in [0.25, 0.3) is 11.8 Å². The van der Waals surface area contributed by atoms with Crippen molar-refractivity contribution in [3.8, 4) is 0 Å². The minimum absolute atomic E-state index is 0.0357. The number of aliphatic imine (C=N–C) groups is 2. The van der Waals surface area contributed by atoms with Gasteiger partial charge < -0.3 is 10.6 Å². The number of nitrogens with one attached hydrogen (secondary N) is 2. The molecular formula is C18H24N4O2. The molecule has 128 valence electrons. The average Bonchev–Trinajstić information content (AvgIpc) is 2.62. The maximum absolute atomic E-state index is 12.1. The molecule has 0 radical (unpaired) electrons. The lowest BCUT2D eigenvalue weighted by Gasteiger charge is -2.22. The van der Waals surface area contributed by atoms with Gasteiger partial charge >= 0.3 is 0 Å². The zero-order valence-electron chi connectivity index (χ0n) is 13.8. The molecule has 24 heavy (non-hydrogen) atoms. The Kier molecular flexibility index (Phi) is 5.69. The predicted octanol–water partition coefficient (Wildman–Crippen LogP) is 1.54. The van der Waals surface area contributed by atoms with Crippen molar-refractivity contribution in [2.45, 2.75) is 44.6 Å². The van der Waals surface area contributed by atoms with Gasteiger partial charge in [-0.3, -0.25) is 9.59 Å². The minimum Gasteiger partial charge on any atom is -0.349 e. The Labute approximate surface area is 142 Å². The molecule has 6 heteroatoms. The van der Waals surface area contributed by atoms with Gasteiger partial charge in [-0.05, 0) is 31.9 Å².